The third-order valence-corrected chi connectivity index (χ3v) is 5.04. The zero-order valence-corrected chi connectivity index (χ0v) is 19.7. The van der Waals surface area contributed by atoms with Crippen LogP contribution < -0.4 is 10.6 Å². The second-order valence-electron chi connectivity index (χ2n) is 9.16. The zero-order chi connectivity index (χ0) is 22.3. The maximum absolute atomic E-state index is 12.2. The minimum atomic E-state index is -0.505. The number of hydrogen-bond acceptors (Lipinski definition) is 5. The van der Waals surface area contributed by atoms with Crippen molar-refractivity contribution in [1.29, 1.82) is 0 Å². The molecule has 1 aromatic heterocycles. The van der Waals surface area contributed by atoms with Gasteiger partial charge in [0.15, 0.2) is 11.8 Å². The molecule has 0 aromatic carbocycles. The first kappa shape index (κ1) is 24.0. The molecule has 2 N–H and O–H groups in total. The number of rotatable bonds is 8. The van der Waals surface area contributed by atoms with E-state index in [1.165, 1.54) is 0 Å². The summed E-state index contributed by atoms with van der Waals surface area (Å²) in [5.74, 6) is 3.10. The van der Waals surface area contributed by atoms with Gasteiger partial charge in [-0.3, -0.25) is 0 Å². The number of ether oxygens (including phenoxy) is 1. The lowest BCUT2D eigenvalue weighted by molar-refractivity contribution is 0.0486. The number of guanidine groups is 1. The van der Waals surface area contributed by atoms with Crippen LogP contribution in [0.15, 0.2) is 4.99 Å². The average Bonchev–Trinajstić information content (AvgIpc) is 3.24. The lowest BCUT2D eigenvalue weighted by Gasteiger charge is -2.28. The van der Waals surface area contributed by atoms with Crippen molar-refractivity contribution in [3.63, 3.8) is 0 Å². The van der Waals surface area contributed by atoms with Crippen LogP contribution in [0.3, 0.4) is 0 Å². The Morgan fingerprint density at radius 1 is 1.33 bits per heavy atom. The largest absolute Gasteiger partial charge is 0.444 e. The van der Waals surface area contributed by atoms with E-state index in [2.05, 4.69) is 51.1 Å². The summed E-state index contributed by atoms with van der Waals surface area (Å²) in [6.07, 6.45) is 2.55. The molecule has 2 heterocycles. The van der Waals surface area contributed by atoms with Crippen LogP contribution in [-0.4, -0.2) is 63.5 Å². The van der Waals surface area contributed by atoms with Crippen molar-refractivity contribution < 1.29 is 9.53 Å². The third kappa shape index (κ3) is 7.18. The van der Waals surface area contributed by atoms with Gasteiger partial charge in [0.05, 0.1) is 0 Å². The Balaban J connectivity index is 1.95. The van der Waals surface area contributed by atoms with Crippen molar-refractivity contribution >= 4 is 12.1 Å². The number of nitrogens with zero attached hydrogens (tertiary/aromatic N) is 5. The number of aryl methyl sites for hydroxylation is 1. The molecule has 0 saturated carbocycles. The Labute approximate surface area is 180 Å². The van der Waals surface area contributed by atoms with Gasteiger partial charge in [-0.25, -0.2) is 9.79 Å². The van der Waals surface area contributed by atoms with E-state index < -0.39 is 5.60 Å². The first-order chi connectivity index (χ1) is 14.1. The maximum atomic E-state index is 12.2. The number of carbonyl (C=O) groups excluding carboxylic acids is 1. The number of aliphatic imine (C=N–C) groups is 1. The summed E-state index contributed by atoms with van der Waals surface area (Å²) in [4.78, 5) is 19.0. The number of amides is 1. The summed E-state index contributed by atoms with van der Waals surface area (Å²) >= 11 is 0. The molecule has 1 amide bonds. The van der Waals surface area contributed by atoms with E-state index in [0.29, 0.717) is 12.5 Å². The minimum Gasteiger partial charge on any atom is -0.444 e. The van der Waals surface area contributed by atoms with Gasteiger partial charge < -0.3 is 24.8 Å². The van der Waals surface area contributed by atoms with E-state index in [1.807, 2.05) is 27.8 Å². The van der Waals surface area contributed by atoms with Crippen molar-refractivity contribution in [3.8, 4) is 0 Å². The predicted octanol–water partition coefficient (Wildman–Crippen LogP) is 2.56. The van der Waals surface area contributed by atoms with Crippen molar-refractivity contribution in [3.05, 3.63) is 11.6 Å². The van der Waals surface area contributed by atoms with E-state index in [4.69, 9.17) is 9.73 Å². The Morgan fingerprint density at radius 3 is 2.70 bits per heavy atom. The van der Waals surface area contributed by atoms with Crippen LogP contribution in [0.5, 0.6) is 0 Å². The third-order valence-electron chi connectivity index (χ3n) is 5.04. The molecule has 0 fully saturated rings. The van der Waals surface area contributed by atoms with E-state index in [9.17, 15) is 4.79 Å². The summed E-state index contributed by atoms with van der Waals surface area (Å²) in [5, 5.41) is 14.9. The molecule has 9 nitrogen and oxygen atoms in total. The van der Waals surface area contributed by atoms with Crippen molar-refractivity contribution in [2.45, 2.75) is 85.5 Å². The van der Waals surface area contributed by atoms with Crippen LogP contribution in [0.4, 0.5) is 4.79 Å². The summed E-state index contributed by atoms with van der Waals surface area (Å²) in [6.45, 7) is 14.9. The molecular formula is C21H39N7O2. The number of fused-ring (bicyclic) bond motifs is 1. The Bertz CT molecular complexity index is 721. The topological polar surface area (TPSA) is 96.7 Å². The molecule has 0 saturated heterocycles. The standard InChI is InChI=1S/C21H39N7O2/c1-8-22-19(23-14-18-26-25-17-10-9-12-28(17)18)27(7)13-11-16(15(2)3)24-20(29)30-21(4,5)6/h15-16H,8-14H2,1-7H3,(H,22,23)(H,24,29). The number of hydrogen-bond donors (Lipinski definition) is 2. The Kier molecular flexibility index (Phi) is 8.49. The Hall–Kier alpha value is -2.32. The van der Waals surface area contributed by atoms with Crippen molar-refractivity contribution in [2.24, 2.45) is 10.9 Å². The van der Waals surface area contributed by atoms with Gasteiger partial charge in [-0.05, 0) is 46.5 Å². The van der Waals surface area contributed by atoms with E-state index in [-0.39, 0.29) is 12.1 Å². The van der Waals surface area contributed by atoms with Gasteiger partial charge in [-0.1, -0.05) is 13.8 Å². The predicted molar refractivity (Wildman–Crippen MR) is 118 cm³/mol. The highest BCUT2D eigenvalue weighted by Crippen LogP contribution is 2.15. The van der Waals surface area contributed by atoms with Crippen LogP contribution in [0, 0.1) is 5.92 Å². The summed E-state index contributed by atoms with van der Waals surface area (Å²) < 4.78 is 7.59. The van der Waals surface area contributed by atoms with Gasteiger partial charge in [0.25, 0.3) is 0 Å². The number of aromatic nitrogens is 3. The maximum Gasteiger partial charge on any atom is 0.407 e. The fourth-order valence-electron chi connectivity index (χ4n) is 3.41. The lowest BCUT2D eigenvalue weighted by Crippen LogP contribution is -2.45. The van der Waals surface area contributed by atoms with Gasteiger partial charge >= 0.3 is 6.09 Å². The fourth-order valence-corrected chi connectivity index (χ4v) is 3.41. The van der Waals surface area contributed by atoms with Crippen LogP contribution in [0.25, 0.3) is 0 Å². The van der Waals surface area contributed by atoms with Gasteiger partial charge in [-0.2, -0.15) is 0 Å². The second-order valence-corrected chi connectivity index (χ2v) is 9.16. The first-order valence-electron chi connectivity index (χ1n) is 11.0. The minimum absolute atomic E-state index is 0.0185. The van der Waals surface area contributed by atoms with Gasteiger partial charge in [0.1, 0.15) is 18.0 Å². The molecule has 0 radical (unpaired) electrons. The molecule has 9 heteroatoms. The number of nitrogens with one attached hydrogen (secondary N) is 2. The number of alkyl carbamates (subject to hydrolysis) is 1. The first-order valence-corrected chi connectivity index (χ1v) is 11.0. The number of carbonyl (C=O) groups is 1. The molecule has 0 bridgehead atoms. The lowest BCUT2D eigenvalue weighted by atomic mass is 10.0. The van der Waals surface area contributed by atoms with Crippen molar-refractivity contribution in [1.82, 2.24) is 30.3 Å². The Morgan fingerprint density at radius 2 is 2.07 bits per heavy atom. The van der Waals surface area contributed by atoms with Gasteiger partial charge in [-0.15, -0.1) is 10.2 Å². The normalized spacial score (nSPS) is 15.1. The van der Waals surface area contributed by atoms with E-state index in [0.717, 1.165) is 56.5 Å². The van der Waals surface area contributed by atoms with Crippen LogP contribution in [0.1, 0.15) is 66.0 Å². The van der Waals surface area contributed by atoms with Crippen LogP contribution in [0.2, 0.25) is 0 Å². The molecular weight excluding hydrogens is 382 g/mol. The molecule has 1 aromatic rings. The summed E-state index contributed by atoms with van der Waals surface area (Å²) in [6, 6.07) is 0.0185. The monoisotopic (exact) mass is 421 g/mol. The summed E-state index contributed by atoms with van der Waals surface area (Å²) in [5.41, 5.74) is -0.505. The van der Waals surface area contributed by atoms with Gasteiger partial charge in [0, 0.05) is 39.1 Å². The molecule has 0 aliphatic carbocycles. The van der Waals surface area contributed by atoms with E-state index >= 15 is 0 Å². The van der Waals surface area contributed by atoms with Crippen LogP contribution >= 0.6 is 0 Å². The highest BCUT2D eigenvalue weighted by Gasteiger charge is 2.22. The molecule has 170 valence electrons. The molecule has 1 atom stereocenters. The molecule has 1 aliphatic heterocycles. The summed E-state index contributed by atoms with van der Waals surface area (Å²) in [7, 11) is 2.01. The second kappa shape index (κ2) is 10.6. The SMILES string of the molecule is CCNC(=NCc1nnc2n1CCC2)N(C)CCC(NC(=O)OC(C)(C)C)C(C)C. The van der Waals surface area contributed by atoms with Gasteiger partial charge in [0.2, 0.25) is 0 Å². The molecule has 0 spiro atoms. The van der Waals surface area contributed by atoms with Crippen LogP contribution in [-0.2, 0) is 24.2 Å². The molecule has 2 rings (SSSR count). The smallest absolute Gasteiger partial charge is 0.407 e. The highest BCUT2D eigenvalue weighted by atomic mass is 16.6. The fraction of sp³-hybridized carbons (Fsp3) is 0.810. The average molecular weight is 422 g/mol. The highest BCUT2D eigenvalue weighted by molar-refractivity contribution is 5.79. The quantitative estimate of drug-likeness (QED) is 0.495. The zero-order valence-electron chi connectivity index (χ0n) is 19.7. The molecule has 1 aliphatic rings. The van der Waals surface area contributed by atoms with E-state index in [1.54, 1.807) is 0 Å². The van der Waals surface area contributed by atoms with Crippen molar-refractivity contribution in [2.75, 3.05) is 20.1 Å². The molecule has 30 heavy (non-hydrogen) atoms. The molecule has 1 unspecified atom stereocenters.